The normalized spacial score (nSPS) is 11.1. The number of nitrogen functional groups attached to an aromatic ring is 1. The van der Waals surface area contributed by atoms with Crippen molar-refractivity contribution in [1.29, 1.82) is 0 Å². The Morgan fingerprint density at radius 1 is 1.10 bits per heavy atom. The quantitative estimate of drug-likeness (QED) is 0.385. The SMILES string of the molecule is Nc1cccc(N(c2ccccc2)S(=O)(=O)O)c1[N+](=O)[O-]. The summed E-state index contributed by atoms with van der Waals surface area (Å²) < 4.78 is 33.1. The van der Waals surface area contributed by atoms with E-state index in [1.807, 2.05) is 0 Å². The van der Waals surface area contributed by atoms with Crippen molar-refractivity contribution >= 4 is 33.1 Å². The summed E-state index contributed by atoms with van der Waals surface area (Å²) in [6.45, 7) is 0. The van der Waals surface area contributed by atoms with E-state index in [1.165, 1.54) is 42.5 Å². The average molecular weight is 309 g/mol. The number of benzene rings is 2. The van der Waals surface area contributed by atoms with Gasteiger partial charge in [0.25, 0.3) is 0 Å². The van der Waals surface area contributed by atoms with Crippen LogP contribution < -0.4 is 10.0 Å². The van der Waals surface area contributed by atoms with E-state index in [0.29, 0.717) is 4.31 Å². The Morgan fingerprint density at radius 3 is 2.24 bits per heavy atom. The van der Waals surface area contributed by atoms with Crippen LogP contribution in [-0.4, -0.2) is 17.9 Å². The van der Waals surface area contributed by atoms with Gasteiger partial charge in [-0.15, -0.1) is 0 Å². The minimum absolute atomic E-state index is 0.0497. The van der Waals surface area contributed by atoms with E-state index in [0.717, 1.165) is 0 Å². The van der Waals surface area contributed by atoms with Crippen molar-refractivity contribution in [2.45, 2.75) is 0 Å². The molecule has 0 aliphatic heterocycles. The summed E-state index contributed by atoms with van der Waals surface area (Å²) in [5.74, 6) is 0. The van der Waals surface area contributed by atoms with E-state index < -0.39 is 20.9 Å². The summed E-state index contributed by atoms with van der Waals surface area (Å²) >= 11 is 0. The van der Waals surface area contributed by atoms with Gasteiger partial charge < -0.3 is 5.73 Å². The first kappa shape index (κ1) is 14.8. The average Bonchev–Trinajstić information content (AvgIpc) is 2.38. The van der Waals surface area contributed by atoms with Gasteiger partial charge in [0.15, 0.2) is 0 Å². The molecule has 0 unspecified atom stereocenters. The van der Waals surface area contributed by atoms with Gasteiger partial charge in [0, 0.05) is 0 Å². The summed E-state index contributed by atoms with van der Waals surface area (Å²) in [4.78, 5) is 10.3. The maximum Gasteiger partial charge on any atom is 0.364 e. The van der Waals surface area contributed by atoms with Gasteiger partial charge in [-0.1, -0.05) is 24.3 Å². The van der Waals surface area contributed by atoms with Crippen LogP contribution in [-0.2, 0) is 10.3 Å². The zero-order chi connectivity index (χ0) is 15.6. The third-order valence-electron chi connectivity index (χ3n) is 2.67. The molecule has 110 valence electrons. The van der Waals surface area contributed by atoms with Crippen LogP contribution in [0, 0.1) is 10.1 Å². The second kappa shape index (κ2) is 5.38. The first-order valence-corrected chi connectivity index (χ1v) is 7.07. The predicted octanol–water partition coefficient (Wildman–Crippen LogP) is 2.12. The number of nitrogens with zero attached hydrogens (tertiary/aromatic N) is 2. The first-order valence-electron chi connectivity index (χ1n) is 5.68. The third-order valence-corrected chi connectivity index (χ3v) is 3.54. The highest BCUT2D eigenvalue weighted by atomic mass is 32.2. The van der Waals surface area contributed by atoms with E-state index in [4.69, 9.17) is 5.73 Å². The number of nitro groups is 1. The lowest BCUT2D eigenvalue weighted by molar-refractivity contribution is -0.383. The number of para-hydroxylation sites is 2. The Bertz CT molecular complexity index is 777. The largest absolute Gasteiger partial charge is 0.393 e. The summed E-state index contributed by atoms with van der Waals surface area (Å²) in [5.41, 5.74) is 4.44. The van der Waals surface area contributed by atoms with Crippen LogP contribution in [0.2, 0.25) is 0 Å². The van der Waals surface area contributed by atoms with Crippen molar-refractivity contribution in [3.63, 3.8) is 0 Å². The monoisotopic (exact) mass is 309 g/mol. The Labute approximate surface area is 120 Å². The molecular formula is C12H11N3O5S. The molecule has 0 aromatic heterocycles. The van der Waals surface area contributed by atoms with Crippen LogP contribution in [0.5, 0.6) is 0 Å². The topological polar surface area (TPSA) is 127 Å². The minimum Gasteiger partial charge on any atom is -0.393 e. The van der Waals surface area contributed by atoms with Crippen molar-refractivity contribution < 1.29 is 17.9 Å². The van der Waals surface area contributed by atoms with Gasteiger partial charge >= 0.3 is 16.0 Å². The fourth-order valence-corrected chi connectivity index (χ4v) is 2.66. The molecule has 0 atom stereocenters. The molecule has 2 aromatic rings. The van der Waals surface area contributed by atoms with Gasteiger partial charge in [-0.3, -0.25) is 14.7 Å². The number of hydrogen-bond donors (Lipinski definition) is 2. The molecule has 0 fully saturated rings. The summed E-state index contributed by atoms with van der Waals surface area (Å²) in [5, 5.41) is 11.1. The van der Waals surface area contributed by atoms with E-state index in [-0.39, 0.29) is 17.1 Å². The van der Waals surface area contributed by atoms with Crippen molar-refractivity contribution in [3.8, 4) is 0 Å². The molecule has 0 saturated carbocycles. The van der Waals surface area contributed by atoms with Gasteiger partial charge in [0.1, 0.15) is 11.4 Å². The van der Waals surface area contributed by atoms with Crippen LogP contribution in [0.3, 0.4) is 0 Å². The van der Waals surface area contributed by atoms with Gasteiger partial charge in [0.05, 0.1) is 10.6 Å². The highest BCUT2D eigenvalue weighted by molar-refractivity contribution is 7.87. The van der Waals surface area contributed by atoms with E-state index in [2.05, 4.69) is 0 Å². The second-order valence-electron chi connectivity index (χ2n) is 4.05. The zero-order valence-corrected chi connectivity index (χ0v) is 11.4. The van der Waals surface area contributed by atoms with Gasteiger partial charge in [-0.25, -0.2) is 4.31 Å². The van der Waals surface area contributed by atoms with Crippen LogP contribution in [0.15, 0.2) is 48.5 Å². The molecule has 0 radical (unpaired) electrons. The highest BCUT2D eigenvalue weighted by Gasteiger charge is 2.30. The van der Waals surface area contributed by atoms with Crippen molar-refractivity contribution in [3.05, 3.63) is 58.6 Å². The minimum atomic E-state index is -4.77. The zero-order valence-electron chi connectivity index (χ0n) is 10.6. The van der Waals surface area contributed by atoms with E-state index >= 15 is 0 Å². The van der Waals surface area contributed by atoms with Crippen LogP contribution in [0.25, 0.3) is 0 Å². The highest BCUT2D eigenvalue weighted by Crippen LogP contribution is 2.38. The van der Waals surface area contributed by atoms with Crippen molar-refractivity contribution in [2.24, 2.45) is 0 Å². The lowest BCUT2D eigenvalue weighted by Crippen LogP contribution is -2.26. The fraction of sp³-hybridized carbons (Fsp3) is 0. The fourth-order valence-electron chi connectivity index (χ4n) is 1.87. The Morgan fingerprint density at radius 2 is 1.71 bits per heavy atom. The number of anilines is 3. The molecule has 0 heterocycles. The molecule has 2 aromatic carbocycles. The molecule has 21 heavy (non-hydrogen) atoms. The maximum absolute atomic E-state index is 11.6. The molecule has 3 N–H and O–H groups in total. The second-order valence-corrected chi connectivity index (χ2v) is 5.31. The molecule has 0 spiro atoms. The summed E-state index contributed by atoms with van der Waals surface area (Å²) in [6.07, 6.45) is 0. The number of nitro benzene ring substituents is 1. The summed E-state index contributed by atoms with van der Waals surface area (Å²) in [7, 11) is -4.77. The lowest BCUT2D eigenvalue weighted by atomic mass is 10.2. The first-order chi connectivity index (χ1) is 9.82. The van der Waals surface area contributed by atoms with Crippen LogP contribution in [0.4, 0.5) is 22.7 Å². The van der Waals surface area contributed by atoms with Gasteiger partial charge in [-0.2, -0.15) is 8.42 Å². The molecule has 0 bridgehead atoms. The molecular weight excluding hydrogens is 298 g/mol. The standard InChI is InChI=1S/C12H11N3O5S/c13-10-7-4-8-11(12(10)15(16)17)14(21(18,19)20)9-5-2-1-3-6-9/h1-8H,13H2,(H,18,19,20). The Balaban J connectivity index is 2.76. The van der Waals surface area contributed by atoms with Crippen molar-refractivity contribution in [2.75, 3.05) is 10.0 Å². The third kappa shape index (κ3) is 2.93. The van der Waals surface area contributed by atoms with Crippen LogP contribution in [0.1, 0.15) is 0 Å². The molecule has 8 nitrogen and oxygen atoms in total. The van der Waals surface area contributed by atoms with Crippen molar-refractivity contribution in [1.82, 2.24) is 0 Å². The molecule has 0 saturated heterocycles. The smallest absolute Gasteiger partial charge is 0.364 e. The molecule has 0 aliphatic carbocycles. The molecule has 0 aliphatic rings. The maximum atomic E-state index is 11.6. The predicted molar refractivity (Wildman–Crippen MR) is 77.6 cm³/mol. The number of nitrogens with two attached hydrogens (primary N) is 1. The molecule has 9 heteroatoms. The van der Waals surface area contributed by atoms with Gasteiger partial charge in [0.2, 0.25) is 0 Å². The summed E-state index contributed by atoms with van der Waals surface area (Å²) in [6, 6.07) is 11.3. The lowest BCUT2D eigenvalue weighted by Gasteiger charge is -2.21. The Hall–Kier alpha value is -2.65. The Kier molecular flexibility index (Phi) is 3.78. The van der Waals surface area contributed by atoms with E-state index in [9.17, 15) is 23.1 Å². The molecule has 2 rings (SSSR count). The molecule has 0 amide bonds. The number of rotatable bonds is 4. The van der Waals surface area contributed by atoms with Gasteiger partial charge in [-0.05, 0) is 24.3 Å². The van der Waals surface area contributed by atoms with Crippen LogP contribution >= 0.6 is 0 Å². The number of hydrogen-bond acceptors (Lipinski definition) is 5. The van der Waals surface area contributed by atoms with E-state index in [1.54, 1.807) is 6.07 Å².